The van der Waals surface area contributed by atoms with E-state index >= 15 is 0 Å². The maximum atomic E-state index is 8.82. The fraction of sp³-hybridized carbons (Fsp3) is 0.438. The van der Waals surface area contributed by atoms with Gasteiger partial charge in [-0.05, 0) is 37.0 Å². The van der Waals surface area contributed by atoms with Crippen molar-refractivity contribution in [3.63, 3.8) is 0 Å². The predicted molar refractivity (Wildman–Crippen MR) is 82.4 cm³/mol. The minimum atomic E-state index is 0.174. The van der Waals surface area contributed by atoms with E-state index in [1.165, 1.54) is 5.56 Å². The largest absolute Gasteiger partial charge is 0.383 e. The number of ether oxygens (including phenoxy) is 1. The molecule has 0 aromatic carbocycles. The lowest BCUT2D eigenvalue weighted by Gasteiger charge is -2.22. The van der Waals surface area contributed by atoms with Crippen LogP contribution in [0.5, 0.6) is 0 Å². The van der Waals surface area contributed by atoms with Gasteiger partial charge in [0.05, 0.1) is 30.5 Å². The maximum absolute atomic E-state index is 8.82. The van der Waals surface area contributed by atoms with Gasteiger partial charge in [-0.15, -0.1) is 0 Å². The highest BCUT2D eigenvalue weighted by Crippen LogP contribution is 2.31. The molecule has 0 fully saturated rings. The van der Waals surface area contributed by atoms with Crippen molar-refractivity contribution < 1.29 is 4.74 Å². The molecular formula is C16H19N5O. The Bertz CT molecular complexity index is 671. The molecule has 1 N–H and O–H groups in total. The zero-order chi connectivity index (χ0) is 15.4. The summed E-state index contributed by atoms with van der Waals surface area (Å²) in [5.41, 5.74) is 2.97. The lowest BCUT2D eigenvalue weighted by Crippen LogP contribution is -2.18. The summed E-state index contributed by atoms with van der Waals surface area (Å²) < 4.78 is 7.07. The second kappa shape index (κ2) is 6.58. The Morgan fingerprint density at radius 3 is 3.14 bits per heavy atom. The van der Waals surface area contributed by atoms with Gasteiger partial charge in [-0.1, -0.05) is 0 Å². The lowest BCUT2D eigenvalue weighted by molar-refractivity contribution is 0.183. The van der Waals surface area contributed by atoms with Crippen LogP contribution < -0.4 is 5.32 Å². The van der Waals surface area contributed by atoms with Crippen LogP contribution in [-0.4, -0.2) is 28.5 Å². The van der Waals surface area contributed by atoms with Crippen LogP contribution in [0.2, 0.25) is 0 Å². The third-order valence-corrected chi connectivity index (χ3v) is 3.88. The molecule has 1 unspecified atom stereocenters. The van der Waals surface area contributed by atoms with E-state index in [0.29, 0.717) is 12.2 Å². The molecule has 0 saturated heterocycles. The van der Waals surface area contributed by atoms with Crippen molar-refractivity contribution in [3.8, 4) is 6.07 Å². The van der Waals surface area contributed by atoms with Gasteiger partial charge in [0.25, 0.3) is 0 Å². The minimum Gasteiger partial charge on any atom is -0.383 e. The number of hydrogen-bond acceptors (Lipinski definition) is 5. The fourth-order valence-corrected chi connectivity index (χ4v) is 2.76. The molecule has 6 heteroatoms. The third-order valence-electron chi connectivity index (χ3n) is 3.88. The molecule has 1 aliphatic carbocycles. The van der Waals surface area contributed by atoms with Crippen LogP contribution in [0.4, 0.5) is 5.82 Å². The molecule has 6 nitrogen and oxygen atoms in total. The predicted octanol–water partition coefficient (Wildman–Crippen LogP) is 2.29. The quantitative estimate of drug-likeness (QED) is 0.916. The van der Waals surface area contributed by atoms with Crippen LogP contribution >= 0.6 is 0 Å². The number of methoxy groups -OCH3 is 1. The lowest BCUT2D eigenvalue weighted by atomic mass is 9.94. The number of fused-ring (bicyclic) bond motifs is 1. The van der Waals surface area contributed by atoms with Crippen molar-refractivity contribution in [2.75, 3.05) is 19.0 Å². The smallest absolute Gasteiger partial charge is 0.126 e. The summed E-state index contributed by atoms with van der Waals surface area (Å²) in [6, 6.07) is 5.87. The number of anilines is 1. The zero-order valence-electron chi connectivity index (χ0n) is 12.6. The van der Waals surface area contributed by atoms with Gasteiger partial charge < -0.3 is 10.1 Å². The Morgan fingerprint density at radius 2 is 2.41 bits per heavy atom. The first-order valence-corrected chi connectivity index (χ1v) is 7.48. The number of hydrogen-bond donors (Lipinski definition) is 1. The first-order valence-electron chi connectivity index (χ1n) is 7.48. The average molecular weight is 297 g/mol. The molecule has 0 radical (unpaired) electrons. The molecule has 1 atom stereocenters. The summed E-state index contributed by atoms with van der Waals surface area (Å²) in [6.45, 7) is 1.43. The zero-order valence-corrected chi connectivity index (χ0v) is 12.6. The van der Waals surface area contributed by atoms with Crippen molar-refractivity contribution in [2.45, 2.75) is 31.8 Å². The van der Waals surface area contributed by atoms with Crippen LogP contribution in [-0.2, 0) is 17.7 Å². The number of aryl methyl sites for hydroxylation is 1. The summed E-state index contributed by atoms with van der Waals surface area (Å²) in [7, 11) is 1.70. The van der Waals surface area contributed by atoms with Crippen molar-refractivity contribution in [3.05, 3.63) is 41.3 Å². The van der Waals surface area contributed by atoms with Gasteiger partial charge in [0.2, 0.25) is 0 Å². The normalized spacial score (nSPS) is 16.8. The molecule has 3 rings (SSSR count). The number of pyridine rings is 1. The van der Waals surface area contributed by atoms with Gasteiger partial charge in [0.1, 0.15) is 11.9 Å². The molecule has 2 aromatic rings. The molecule has 2 aromatic heterocycles. The monoisotopic (exact) mass is 297 g/mol. The molecule has 22 heavy (non-hydrogen) atoms. The van der Waals surface area contributed by atoms with Gasteiger partial charge >= 0.3 is 0 Å². The Labute approximate surface area is 129 Å². The minimum absolute atomic E-state index is 0.174. The van der Waals surface area contributed by atoms with Crippen LogP contribution in [0.3, 0.4) is 0 Å². The first kappa shape index (κ1) is 14.5. The van der Waals surface area contributed by atoms with E-state index in [1.807, 2.05) is 10.7 Å². The number of nitriles is 1. The molecule has 0 saturated carbocycles. The van der Waals surface area contributed by atoms with E-state index in [2.05, 4.69) is 22.6 Å². The number of nitrogens with one attached hydrogen (secondary N) is 1. The summed E-state index contributed by atoms with van der Waals surface area (Å²) in [4.78, 5) is 4.28. The molecular weight excluding hydrogens is 278 g/mol. The van der Waals surface area contributed by atoms with Crippen LogP contribution in [0, 0.1) is 11.3 Å². The van der Waals surface area contributed by atoms with E-state index in [-0.39, 0.29) is 6.04 Å². The highest BCUT2D eigenvalue weighted by atomic mass is 16.5. The number of aromatic nitrogens is 3. The van der Waals surface area contributed by atoms with Crippen molar-refractivity contribution in [2.24, 2.45) is 0 Å². The van der Waals surface area contributed by atoms with Crippen LogP contribution in [0.1, 0.15) is 35.7 Å². The molecule has 1 aliphatic rings. The average Bonchev–Trinajstić information content (AvgIpc) is 2.98. The maximum Gasteiger partial charge on any atom is 0.126 e. The van der Waals surface area contributed by atoms with E-state index in [4.69, 9.17) is 15.1 Å². The topological polar surface area (TPSA) is 75.8 Å². The van der Waals surface area contributed by atoms with Gasteiger partial charge in [-0.25, -0.2) is 4.98 Å². The number of nitrogens with zero attached hydrogens (tertiary/aromatic N) is 4. The standard InChI is InChI=1S/C16H19N5O/c1-22-8-7-21-11-13-3-2-4-14(16(13)20-21)19-15-6-5-12(9-17)10-18-15/h5-6,10-11,14H,2-4,7-8H2,1H3,(H,18,19). The van der Waals surface area contributed by atoms with Crippen LogP contribution in [0.15, 0.2) is 24.5 Å². The second-order valence-electron chi connectivity index (χ2n) is 5.43. The summed E-state index contributed by atoms with van der Waals surface area (Å²) in [5, 5.41) is 16.9. The SMILES string of the molecule is COCCn1cc2c(n1)C(Nc1ccc(C#N)cn1)CCC2. The summed E-state index contributed by atoms with van der Waals surface area (Å²) in [6.07, 6.45) is 6.95. The molecule has 0 aliphatic heterocycles. The van der Waals surface area contributed by atoms with Gasteiger partial charge in [0, 0.05) is 19.5 Å². The van der Waals surface area contributed by atoms with E-state index in [0.717, 1.165) is 37.3 Å². The van der Waals surface area contributed by atoms with E-state index in [1.54, 1.807) is 19.4 Å². The molecule has 2 heterocycles. The second-order valence-corrected chi connectivity index (χ2v) is 5.43. The third kappa shape index (κ3) is 3.10. The van der Waals surface area contributed by atoms with Gasteiger partial charge in [-0.2, -0.15) is 10.4 Å². The molecule has 0 bridgehead atoms. The molecule has 114 valence electrons. The highest BCUT2D eigenvalue weighted by molar-refractivity contribution is 5.42. The Kier molecular flexibility index (Phi) is 4.35. The Hall–Kier alpha value is -2.39. The summed E-state index contributed by atoms with van der Waals surface area (Å²) >= 11 is 0. The van der Waals surface area contributed by atoms with Crippen molar-refractivity contribution in [1.29, 1.82) is 5.26 Å². The van der Waals surface area contributed by atoms with E-state index < -0.39 is 0 Å². The Morgan fingerprint density at radius 1 is 1.50 bits per heavy atom. The fourth-order valence-electron chi connectivity index (χ4n) is 2.76. The Balaban J connectivity index is 1.75. The summed E-state index contributed by atoms with van der Waals surface area (Å²) in [5.74, 6) is 0.781. The van der Waals surface area contributed by atoms with Gasteiger partial charge in [-0.3, -0.25) is 4.68 Å². The van der Waals surface area contributed by atoms with Crippen molar-refractivity contribution in [1.82, 2.24) is 14.8 Å². The first-order chi connectivity index (χ1) is 10.8. The highest BCUT2D eigenvalue weighted by Gasteiger charge is 2.24. The van der Waals surface area contributed by atoms with Crippen molar-refractivity contribution >= 4 is 5.82 Å². The van der Waals surface area contributed by atoms with E-state index in [9.17, 15) is 0 Å². The van der Waals surface area contributed by atoms with Gasteiger partial charge in [0.15, 0.2) is 0 Å². The molecule has 0 spiro atoms. The van der Waals surface area contributed by atoms with Crippen LogP contribution in [0.25, 0.3) is 0 Å². The number of rotatable bonds is 5. The molecule has 0 amide bonds.